The van der Waals surface area contributed by atoms with E-state index in [2.05, 4.69) is 19.2 Å². The van der Waals surface area contributed by atoms with Crippen molar-refractivity contribution in [2.24, 2.45) is 0 Å². The molecule has 0 saturated carbocycles. The van der Waals surface area contributed by atoms with Gasteiger partial charge in [-0.2, -0.15) is 0 Å². The van der Waals surface area contributed by atoms with E-state index in [0.29, 0.717) is 11.7 Å². The van der Waals surface area contributed by atoms with Crippen molar-refractivity contribution in [3.8, 4) is 5.75 Å². The summed E-state index contributed by atoms with van der Waals surface area (Å²) >= 11 is 0. The van der Waals surface area contributed by atoms with Crippen LogP contribution in [0.15, 0.2) is 48.5 Å². The van der Waals surface area contributed by atoms with Gasteiger partial charge >= 0.3 is 0 Å². The lowest BCUT2D eigenvalue weighted by molar-refractivity contribution is -0.122. The van der Waals surface area contributed by atoms with Gasteiger partial charge in [0.2, 0.25) is 0 Å². The van der Waals surface area contributed by atoms with Gasteiger partial charge in [0.25, 0.3) is 5.91 Å². The maximum Gasteiger partial charge on any atom is 0.265 e. The summed E-state index contributed by atoms with van der Waals surface area (Å²) in [7, 11) is 0. The van der Waals surface area contributed by atoms with Crippen molar-refractivity contribution in [3.63, 3.8) is 0 Å². The molecule has 1 atom stereocenters. The summed E-state index contributed by atoms with van der Waals surface area (Å²) < 4.78 is 19.1. The number of rotatable bonds is 5. The second kappa shape index (κ2) is 7.07. The number of carbonyl (C=O) groups is 1. The fraction of sp³-hybridized carbons (Fsp3) is 0.278. The third kappa shape index (κ3) is 4.07. The van der Waals surface area contributed by atoms with Gasteiger partial charge in [0.15, 0.2) is 6.10 Å². The highest BCUT2D eigenvalue weighted by molar-refractivity contribution is 5.94. The van der Waals surface area contributed by atoms with Crippen LogP contribution in [0.2, 0.25) is 0 Å². The molecule has 22 heavy (non-hydrogen) atoms. The largest absolute Gasteiger partial charge is 0.481 e. The third-order valence-electron chi connectivity index (χ3n) is 3.36. The van der Waals surface area contributed by atoms with E-state index in [1.165, 1.54) is 17.7 Å². The molecule has 4 heteroatoms. The number of ether oxygens (including phenoxy) is 1. The van der Waals surface area contributed by atoms with E-state index in [1.54, 1.807) is 19.1 Å². The Morgan fingerprint density at radius 2 is 1.68 bits per heavy atom. The van der Waals surface area contributed by atoms with E-state index < -0.39 is 17.8 Å². The minimum atomic E-state index is -0.718. The molecule has 0 spiro atoms. The summed E-state index contributed by atoms with van der Waals surface area (Å²) in [4.78, 5) is 12.0. The second-order valence-electron chi connectivity index (χ2n) is 5.45. The van der Waals surface area contributed by atoms with Crippen molar-refractivity contribution in [3.05, 3.63) is 59.9 Å². The van der Waals surface area contributed by atoms with Crippen LogP contribution in [0, 0.1) is 5.82 Å². The van der Waals surface area contributed by atoms with Crippen LogP contribution in [-0.2, 0) is 4.79 Å². The minimum Gasteiger partial charge on any atom is -0.481 e. The number of para-hydroxylation sites is 1. The Bertz CT molecular complexity index is 638. The fourth-order valence-electron chi connectivity index (χ4n) is 1.99. The van der Waals surface area contributed by atoms with Crippen LogP contribution in [0.25, 0.3) is 0 Å². The molecule has 0 radical (unpaired) electrons. The molecule has 0 saturated heterocycles. The molecule has 0 aliphatic heterocycles. The van der Waals surface area contributed by atoms with Crippen molar-refractivity contribution >= 4 is 11.6 Å². The highest BCUT2D eigenvalue weighted by Crippen LogP contribution is 2.20. The molecule has 116 valence electrons. The quantitative estimate of drug-likeness (QED) is 0.891. The SMILES string of the molecule is CC(C)c1ccc(O[C@H](C)C(=O)Nc2ccccc2F)cc1. The highest BCUT2D eigenvalue weighted by Gasteiger charge is 2.16. The Hall–Kier alpha value is -2.36. The average Bonchev–Trinajstić information content (AvgIpc) is 2.50. The molecular formula is C18H20FNO2. The normalized spacial score (nSPS) is 12.0. The van der Waals surface area contributed by atoms with E-state index in [0.717, 1.165) is 0 Å². The minimum absolute atomic E-state index is 0.151. The second-order valence-corrected chi connectivity index (χ2v) is 5.45. The van der Waals surface area contributed by atoms with Gasteiger partial charge in [-0.25, -0.2) is 4.39 Å². The lowest BCUT2D eigenvalue weighted by Crippen LogP contribution is -2.30. The van der Waals surface area contributed by atoms with Crippen molar-refractivity contribution in [1.29, 1.82) is 0 Å². The van der Waals surface area contributed by atoms with Crippen LogP contribution in [-0.4, -0.2) is 12.0 Å². The summed E-state index contributed by atoms with van der Waals surface area (Å²) in [6.07, 6.45) is -0.718. The number of hydrogen-bond donors (Lipinski definition) is 1. The number of halogens is 1. The summed E-state index contributed by atoms with van der Waals surface area (Å²) in [6.45, 7) is 5.85. The predicted octanol–water partition coefficient (Wildman–Crippen LogP) is 4.36. The van der Waals surface area contributed by atoms with Gasteiger partial charge < -0.3 is 10.1 Å². The van der Waals surface area contributed by atoms with Crippen LogP contribution in [0.4, 0.5) is 10.1 Å². The van der Waals surface area contributed by atoms with Crippen molar-refractivity contribution in [2.45, 2.75) is 32.8 Å². The van der Waals surface area contributed by atoms with Crippen molar-refractivity contribution in [2.75, 3.05) is 5.32 Å². The molecule has 0 fully saturated rings. The van der Waals surface area contributed by atoms with E-state index >= 15 is 0 Å². The Labute approximate surface area is 130 Å². The van der Waals surface area contributed by atoms with E-state index in [4.69, 9.17) is 4.74 Å². The number of carbonyl (C=O) groups excluding carboxylic acids is 1. The Morgan fingerprint density at radius 1 is 1.05 bits per heavy atom. The molecule has 0 aromatic heterocycles. The Balaban J connectivity index is 1.98. The van der Waals surface area contributed by atoms with Gasteiger partial charge in [-0.1, -0.05) is 38.1 Å². The first-order valence-corrected chi connectivity index (χ1v) is 7.29. The lowest BCUT2D eigenvalue weighted by atomic mass is 10.0. The summed E-state index contributed by atoms with van der Waals surface area (Å²) in [5, 5.41) is 2.52. The standard InChI is InChI=1S/C18H20FNO2/c1-12(2)14-8-10-15(11-9-14)22-13(3)18(21)20-17-7-5-4-6-16(17)19/h4-13H,1-3H3,(H,20,21)/t13-/m1/s1. The zero-order chi connectivity index (χ0) is 16.1. The summed E-state index contributed by atoms with van der Waals surface area (Å²) in [5.41, 5.74) is 1.36. The third-order valence-corrected chi connectivity index (χ3v) is 3.36. The van der Waals surface area contributed by atoms with Gasteiger partial charge in [-0.15, -0.1) is 0 Å². The van der Waals surface area contributed by atoms with Gasteiger partial charge in [-0.3, -0.25) is 4.79 Å². The van der Waals surface area contributed by atoms with Crippen LogP contribution >= 0.6 is 0 Å². The maximum atomic E-state index is 13.5. The molecule has 0 unspecified atom stereocenters. The molecule has 1 amide bonds. The molecule has 2 rings (SSSR count). The van der Waals surface area contributed by atoms with Crippen molar-refractivity contribution in [1.82, 2.24) is 0 Å². The molecule has 2 aromatic carbocycles. The molecule has 1 N–H and O–H groups in total. The first-order chi connectivity index (χ1) is 10.5. The average molecular weight is 301 g/mol. The number of hydrogen-bond acceptors (Lipinski definition) is 2. The lowest BCUT2D eigenvalue weighted by Gasteiger charge is -2.15. The van der Waals surface area contributed by atoms with Gasteiger partial charge in [-0.05, 0) is 42.7 Å². The van der Waals surface area contributed by atoms with Gasteiger partial charge in [0, 0.05) is 0 Å². The van der Waals surface area contributed by atoms with Crippen LogP contribution in [0.5, 0.6) is 5.75 Å². The molecule has 0 aliphatic rings. The number of amides is 1. The molecule has 0 aliphatic carbocycles. The maximum absolute atomic E-state index is 13.5. The van der Waals surface area contributed by atoms with E-state index in [1.807, 2.05) is 24.3 Å². The first kappa shape index (κ1) is 16.0. The number of anilines is 1. The summed E-state index contributed by atoms with van der Waals surface area (Å²) in [6, 6.07) is 13.7. The predicted molar refractivity (Wildman–Crippen MR) is 85.7 cm³/mol. The van der Waals surface area contributed by atoms with Gasteiger partial charge in [0.05, 0.1) is 5.69 Å². The van der Waals surface area contributed by atoms with Gasteiger partial charge in [0.1, 0.15) is 11.6 Å². The zero-order valence-electron chi connectivity index (χ0n) is 13.0. The zero-order valence-corrected chi connectivity index (χ0v) is 13.0. The van der Waals surface area contributed by atoms with Crippen molar-refractivity contribution < 1.29 is 13.9 Å². The monoisotopic (exact) mass is 301 g/mol. The number of benzene rings is 2. The van der Waals surface area contributed by atoms with Crippen LogP contribution < -0.4 is 10.1 Å². The Kier molecular flexibility index (Phi) is 5.15. The van der Waals surface area contributed by atoms with E-state index in [9.17, 15) is 9.18 Å². The molecule has 0 heterocycles. The number of nitrogens with one attached hydrogen (secondary N) is 1. The molecular weight excluding hydrogens is 281 g/mol. The summed E-state index contributed by atoms with van der Waals surface area (Å²) in [5.74, 6) is 0.193. The highest BCUT2D eigenvalue weighted by atomic mass is 19.1. The fourth-order valence-corrected chi connectivity index (χ4v) is 1.99. The first-order valence-electron chi connectivity index (χ1n) is 7.29. The van der Waals surface area contributed by atoms with Crippen LogP contribution in [0.1, 0.15) is 32.3 Å². The molecule has 2 aromatic rings. The topological polar surface area (TPSA) is 38.3 Å². The molecule has 0 bridgehead atoms. The smallest absolute Gasteiger partial charge is 0.265 e. The van der Waals surface area contributed by atoms with Crippen LogP contribution in [0.3, 0.4) is 0 Å². The Morgan fingerprint density at radius 3 is 2.27 bits per heavy atom. The molecule has 3 nitrogen and oxygen atoms in total. The van der Waals surface area contributed by atoms with E-state index in [-0.39, 0.29) is 5.69 Å².